The maximum Gasteiger partial charge on any atom is 0.264 e. The molecule has 0 saturated carbocycles. The molecule has 2 aromatic rings. The zero-order valence-corrected chi connectivity index (χ0v) is 12.6. The molecule has 0 spiro atoms. The van der Waals surface area contributed by atoms with Gasteiger partial charge in [0.1, 0.15) is 0 Å². The van der Waals surface area contributed by atoms with Crippen LogP contribution in [0.3, 0.4) is 0 Å². The molecule has 0 aliphatic carbocycles. The van der Waals surface area contributed by atoms with Gasteiger partial charge in [-0.25, -0.2) is 8.42 Å². The van der Waals surface area contributed by atoms with Gasteiger partial charge in [0.15, 0.2) is 0 Å². The summed E-state index contributed by atoms with van der Waals surface area (Å²) in [6.45, 7) is 2.90. The van der Waals surface area contributed by atoms with E-state index < -0.39 is 10.0 Å². The smallest absolute Gasteiger partial charge is 0.264 e. The van der Waals surface area contributed by atoms with Crippen molar-refractivity contribution in [1.82, 2.24) is 0 Å². The number of para-hydroxylation sites is 1. The zero-order chi connectivity index (χ0) is 14.9. The van der Waals surface area contributed by atoms with Crippen molar-refractivity contribution < 1.29 is 13.2 Å². The van der Waals surface area contributed by atoms with E-state index in [0.717, 1.165) is 5.56 Å². The van der Waals surface area contributed by atoms with Crippen molar-refractivity contribution in [2.45, 2.75) is 17.9 Å². The molecule has 1 saturated heterocycles. The molecule has 110 valence electrons. The van der Waals surface area contributed by atoms with Crippen LogP contribution in [-0.2, 0) is 14.8 Å². The predicted molar refractivity (Wildman–Crippen MR) is 81.9 cm³/mol. The van der Waals surface area contributed by atoms with Crippen LogP contribution in [0.25, 0.3) is 0 Å². The number of epoxide rings is 1. The standard InChI is InChI=1S/C16H17NO3S/c1-13-7-9-16(10-8-13)21(18,19)17(11-15-12-20-15)14-5-3-2-4-6-14/h2-10,15H,11-12H2,1H3. The number of ether oxygens (including phenoxy) is 1. The Bertz CT molecular complexity index is 707. The second kappa shape index (κ2) is 5.50. The van der Waals surface area contributed by atoms with E-state index in [1.807, 2.05) is 37.3 Å². The van der Waals surface area contributed by atoms with Crippen molar-refractivity contribution in [2.75, 3.05) is 17.5 Å². The Morgan fingerprint density at radius 1 is 1.10 bits per heavy atom. The highest BCUT2D eigenvalue weighted by Gasteiger charge is 2.32. The molecule has 0 N–H and O–H groups in total. The third-order valence-corrected chi connectivity index (χ3v) is 5.23. The Morgan fingerprint density at radius 3 is 2.29 bits per heavy atom. The highest BCUT2D eigenvalue weighted by molar-refractivity contribution is 7.92. The number of nitrogens with zero attached hydrogens (tertiary/aromatic N) is 1. The van der Waals surface area contributed by atoms with Gasteiger partial charge in [-0.05, 0) is 31.2 Å². The van der Waals surface area contributed by atoms with Crippen LogP contribution in [0.1, 0.15) is 5.56 Å². The first kappa shape index (κ1) is 14.1. The number of sulfonamides is 1. The van der Waals surface area contributed by atoms with Gasteiger partial charge in [0.05, 0.1) is 29.8 Å². The lowest BCUT2D eigenvalue weighted by atomic mass is 10.2. The number of benzene rings is 2. The number of anilines is 1. The molecule has 1 aliphatic rings. The van der Waals surface area contributed by atoms with Crippen molar-refractivity contribution in [1.29, 1.82) is 0 Å². The van der Waals surface area contributed by atoms with Crippen molar-refractivity contribution in [3.8, 4) is 0 Å². The quantitative estimate of drug-likeness (QED) is 0.798. The summed E-state index contributed by atoms with van der Waals surface area (Å²) in [7, 11) is -3.57. The van der Waals surface area contributed by atoms with Crippen LogP contribution in [0, 0.1) is 6.92 Å². The topological polar surface area (TPSA) is 49.9 Å². The van der Waals surface area contributed by atoms with Gasteiger partial charge in [-0.3, -0.25) is 4.31 Å². The molecule has 4 nitrogen and oxygen atoms in total. The zero-order valence-electron chi connectivity index (χ0n) is 11.8. The lowest BCUT2D eigenvalue weighted by Gasteiger charge is -2.23. The van der Waals surface area contributed by atoms with E-state index in [1.165, 1.54) is 4.31 Å². The molecule has 1 aliphatic heterocycles. The first-order valence-electron chi connectivity index (χ1n) is 6.83. The molecule has 1 heterocycles. The number of aryl methyl sites for hydroxylation is 1. The maximum absolute atomic E-state index is 12.9. The monoisotopic (exact) mass is 303 g/mol. The molecular weight excluding hydrogens is 286 g/mol. The minimum absolute atomic E-state index is 0.00886. The fraction of sp³-hybridized carbons (Fsp3) is 0.250. The molecule has 2 aromatic carbocycles. The Labute approximate surface area is 125 Å². The third-order valence-electron chi connectivity index (χ3n) is 3.42. The third kappa shape index (κ3) is 3.09. The first-order valence-corrected chi connectivity index (χ1v) is 8.27. The van der Waals surface area contributed by atoms with E-state index in [0.29, 0.717) is 23.7 Å². The normalized spacial score (nSPS) is 17.5. The molecule has 1 unspecified atom stereocenters. The number of rotatable bonds is 5. The fourth-order valence-corrected chi connectivity index (χ4v) is 3.63. The van der Waals surface area contributed by atoms with Gasteiger partial charge in [0.25, 0.3) is 10.0 Å². The summed E-state index contributed by atoms with van der Waals surface area (Å²) in [6, 6.07) is 16.0. The Morgan fingerprint density at radius 2 is 1.71 bits per heavy atom. The minimum atomic E-state index is -3.57. The van der Waals surface area contributed by atoms with Crippen LogP contribution in [0.5, 0.6) is 0 Å². The van der Waals surface area contributed by atoms with Gasteiger partial charge in [0, 0.05) is 0 Å². The predicted octanol–water partition coefficient (Wildman–Crippen LogP) is 2.59. The Kier molecular flexibility index (Phi) is 3.69. The van der Waals surface area contributed by atoms with Crippen molar-refractivity contribution in [3.63, 3.8) is 0 Å². The van der Waals surface area contributed by atoms with Gasteiger partial charge in [0.2, 0.25) is 0 Å². The summed E-state index contributed by atoms with van der Waals surface area (Å²) in [5, 5.41) is 0. The van der Waals surface area contributed by atoms with Crippen LogP contribution in [0.15, 0.2) is 59.5 Å². The van der Waals surface area contributed by atoms with Gasteiger partial charge in [-0.1, -0.05) is 35.9 Å². The maximum atomic E-state index is 12.9. The van der Waals surface area contributed by atoms with Gasteiger partial charge in [-0.15, -0.1) is 0 Å². The van der Waals surface area contributed by atoms with Gasteiger partial charge >= 0.3 is 0 Å². The van der Waals surface area contributed by atoms with E-state index in [4.69, 9.17) is 4.74 Å². The first-order chi connectivity index (χ1) is 10.1. The van der Waals surface area contributed by atoms with Crippen LogP contribution in [0.2, 0.25) is 0 Å². The summed E-state index contributed by atoms with van der Waals surface area (Å²) in [5.74, 6) is 0. The minimum Gasteiger partial charge on any atom is -0.371 e. The average molecular weight is 303 g/mol. The van der Waals surface area contributed by atoms with E-state index >= 15 is 0 Å². The van der Waals surface area contributed by atoms with Crippen molar-refractivity contribution in [3.05, 3.63) is 60.2 Å². The van der Waals surface area contributed by atoms with E-state index in [1.54, 1.807) is 24.3 Å². The highest BCUT2D eigenvalue weighted by Crippen LogP contribution is 2.26. The molecular formula is C16H17NO3S. The summed E-state index contributed by atoms with van der Waals surface area (Å²) in [5.41, 5.74) is 1.69. The fourth-order valence-electron chi connectivity index (χ4n) is 2.13. The Balaban J connectivity index is 2.00. The molecule has 1 fully saturated rings. The lowest BCUT2D eigenvalue weighted by Crippen LogP contribution is -2.34. The van der Waals surface area contributed by atoms with E-state index in [9.17, 15) is 8.42 Å². The van der Waals surface area contributed by atoms with Crippen molar-refractivity contribution in [2.24, 2.45) is 0 Å². The molecule has 1 atom stereocenters. The van der Waals surface area contributed by atoms with Crippen LogP contribution in [-0.4, -0.2) is 27.7 Å². The highest BCUT2D eigenvalue weighted by atomic mass is 32.2. The summed E-state index contributed by atoms with van der Waals surface area (Å²) < 4.78 is 32.4. The van der Waals surface area contributed by atoms with E-state index in [-0.39, 0.29) is 6.10 Å². The van der Waals surface area contributed by atoms with Crippen molar-refractivity contribution >= 4 is 15.7 Å². The van der Waals surface area contributed by atoms with E-state index in [2.05, 4.69) is 0 Å². The number of hydrogen-bond donors (Lipinski definition) is 0. The molecule has 0 aromatic heterocycles. The molecule has 0 amide bonds. The number of hydrogen-bond acceptors (Lipinski definition) is 3. The Hall–Kier alpha value is -1.85. The molecule has 0 radical (unpaired) electrons. The largest absolute Gasteiger partial charge is 0.371 e. The molecule has 5 heteroatoms. The average Bonchev–Trinajstić information content (AvgIpc) is 3.30. The van der Waals surface area contributed by atoms with Gasteiger partial charge < -0.3 is 4.74 Å². The SMILES string of the molecule is Cc1ccc(S(=O)(=O)N(CC2CO2)c2ccccc2)cc1. The second-order valence-corrected chi connectivity index (χ2v) is 7.00. The van der Waals surface area contributed by atoms with Crippen LogP contribution < -0.4 is 4.31 Å². The van der Waals surface area contributed by atoms with Crippen LogP contribution in [0.4, 0.5) is 5.69 Å². The van der Waals surface area contributed by atoms with Crippen LogP contribution >= 0.6 is 0 Å². The molecule has 21 heavy (non-hydrogen) atoms. The summed E-state index contributed by atoms with van der Waals surface area (Å²) >= 11 is 0. The summed E-state index contributed by atoms with van der Waals surface area (Å²) in [4.78, 5) is 0.303. The molecule has 3 rings (SSSR count). The lowest BCUT2D eigenvalue weighted by molar-refractivity contribution is 0.412. The summed E-state index contributed by atoms with van der Waals surface area (Å²) in [6.07, 6.45) is -0.00886. The van der Waals surface area contributed by atoms with Gasteiger partial charge in [-0.2, -0.15) is 0 Å². The molecule has 0 bridgehead atoms. The second-order valence-electron chi connectivity index (χ2n) is 5.14.